The van der Waals surface area contributed by atoms with Crippen LogP contribution in [0.2, 0.25) is 0 Å². The quantitative estimate of drug-likeness (QED) is 0.462. The summed E-state index contributed by atoms with van der Waals surface area (Å²) in [5, 5.41) is 0. The van der Waals surface area contributed by atoms with Crippen molar-refractivity contribution in [1.29, 1.82) is 0 Å². The molecule has 0 unspecified atom stereocenters. The third kappa shape index (κ3) is 74.8. The molecule has 0 fully saturated rings. The SMILES string of the molecule is [Al+3].[Al+3].[Ni].[Ni].[O-2].[O-2].[O-2]. The summed E-state index contributed by atoms with van der Waals surface area (Å²) in [7, 11) is 0. The second-order valence-electron chi connectivity index (χ2n) is 0. The number of hydrogen-bond acceptors (Lipinski definition) is 0. The van der Waals surface area contributed by atoms with Crippen LogP contribution in [0.5, 0.6) is 0 Å². The van der Waals surface area contributed by atoms with E-state index in [-0.39, 0.29) is 84.1 Å². The number of rotatable bonds is 0. The van der Waals surface area contributed by atoms with Gasteiger partial charge in [0.2, 0.25) is 0 Å². The fraction of sp³-hybridized carbons (Fsp3) is 0. The molecule has 44 valence electrons. The van der Waals surface area contributed by atoms with Gasteiger partial charge in [0, 0.05) is 33.0 Å². The molecule has 0 saturated heterocycles. The van der Waals surface area contributed by atoms with E-state index in [4.69, 9.17) is 0 Å². The third-order valence-corrected chi connectivity index (χ3v) is 0. The molecule has 0 rings (SSSR count). The van der Waals surface area contributed by atoms with E-state index in [1.807, 2.05) is 0 Å². The van der Waals surface area contributed by atoms with Crippen molar-refractivity contribution in [1.82, 2.24) is 0 Å². The van der Waals surface area contributed by atoms with Crippen LogP contribution in [0.25, 0.3) is 0 Å². The van der Waals surface area contributed by atoms with E-state index in [0.717, 1.165) is 0 Å². The zero-order valence-electron chi connectivity index (χ0n) is 3.01. The van der Waals surface area contributed by atoms with Gasteiger partial charge in [-0.1, -0.05) is 0 Å². The van der Waals surface area contributed by atoms with Gasteiger partial charge in [-0.25, -0.2) is 0 Å². The molecular formula is Al2Ni2O3. The Bertz CT molecular complexity index is 10.9. The molecule has 0 radical (unpaired) electrons. The maximum Gasteiger partial charge on any atom is 3.00 e. The van der Waals surface area contributed by atoms with Gasteiger partial charge in [0.1, 0.15) is 0 Å². The zero-order valence-corrected chi connectivity index (χ0v) is 7.30. The topological polar surface area (TPSA) is 85.5 Å². The Hall–Kier alpha value is 1.93. The average molecular weight is 219 g/mol. The Morgan fingerprint density at radius 1 is 0.429 bits per heavy atom. The minimum atomic E-state index is 0. The molecule has 0 saturated carbocycles. The van der Waals surface area contributed by atoms with Crippen molar-refractivity contribution in [3.05, 3.63) is 0 Å². The molecule has 3 nitrogen and oxygen atoms in total. The molecule has 0 aromatic heterocycles. The van der Waals surface area contributed by atoms with Crippen LogP contribution in [-0.4, -0.2) is 34.7 Å². The minimum absolute atomic E-state index is 0. The molecule has 0 N–H and O–H groups in total. The maximum atomic E-state index is 0. The Morgan fingerprint density at radius 3 is 0.429 bits per heavy atom. The van der Waals surface area contributed by atoms with Gasteiger partial charge < -0.3 is 16.4 Å². The summed E-state index contributed by atoms with van der Waals surface area (Å²) in [6, 6.07) is 0. The van der Waals surface area contributed by atoms with Crippen LogP contribution in [0.4, 0.5) is 0 Å². The van der Waals surface area contributed by atoms with E-state index < -0.39 is 0 Å². The van der Waals surface area contributed by atoms with Crippen molar-refractivity contribution in [3.63, 3.8) is 0 Å². The molecule has 0 aliphatic rings. The normalized spacial score (nSPS) is 0. The monoisotopic (exact) mass is 218 g/mol. The second-order valence-corrected chi connectivity index (χ2v) is 0. The molecule has 7 heavy (non-hydrogen) atoms. The molecule has 0 spiro atoms. The van der Waals surface area contributed by atoms with Crippen LogP contribution in [0.3, 0.4) is 0 Å². The Labute approximate surface area is 83.7 Å². The van der Waals surface area contributed by atoms with Crippen molar-refractivity contribution < 1.29 is 49.4 Å². The predicted octanol–water partition coefficient (Wildman–Crippen LogP) is -1.12. The van der Waals surface area contributed by atoms with Crippen LogP contribution in [-0.2, 0) is 49.4 Å². The van der Waals surface area contributed by atoms with Gasteiger partial charge in [-0.2, -0.15) is 0 Å². The summed E-state index contributed by atoms with van der Waals surface area (Å²) in [5.74, 6) is 0. The van der Waals surface area contributed by atoms with E-state index >= 15 is 0 Å². The first-order valence-corrected chi connectivity index (χ1v) is 0. The van der Waals surface area contributed by atoms with E-state index in [0.29, 0.717) is 0 Å². The van der Waals surface area contributed by atoms with Crippen LogP contribution in [0, 0.1) is 0 Å². The molecule has 0 aliphatic heterocycles. The summed E-state index contributed by atoms with van der Waals surface area (Å²) in [5.41, 5.74) is 0. The van der Waals surface area contributed by atoms with Crippen LogP contribution in [0.1, 0.15) is 0 Å². The van der Waals surface area contributed by atoms with Crippen LogP contribution < -0.4 is 0 Å². The Morgan fingerprint density at radius 2 is 0.429 bits per heavy atom. The molecule has 0 atom stereocenters. The van der Waals surface area contributed by atoms with E-state index in [1.54, 1.807) is 0 Å². The van der Waals surface area contributed by atoms with Crippen molar-refractivity contribution in [3.8, 4) is 0 Å². The molecule has 0 aromatic carbocycles. The predicted molar refractivity (Wildman–Crippen MR) is 13.6 cm³/mol. The molecule has 0 heterocycles. The summed E-state index contributed by atoms with van der Waals surface area (Å²) in [6.07, 6.45) is 0. The molecule has 0 aromatic rings. The molecule has 7 heteroatoms. The largest absolute Gasteiger partial charge is 3.00 e. The average Bonchev–Trinajstić information content (AvgIpc) is 0. The van der Waals surface area contributed by atoms with Crippen molar-refractivity contribution in [2.75, 3.05) is 0 Å². The second kappa shape index (κ2) is 102. The fourth-order valence-corrected chi connectivity index (χ4v) is 0. The molecular weight excluding hydrogens is 219 g/mol. The molecule has 0 bridgehead atoms. The van der Waals surface area contributed by atoms with Gasteiger partial charge in [0.15, 0.2) is 0 Å². The number of hydrogen-bond donors (Lipinski definition) is 0. The van der Waals surface area contributed by atoms with Gasteiger partial charge in [-0.05, 0) is 0 Å². The van der Waals surface area contributed by atoms with Crippen LogP contribution >= 0.6 is 0 Å². The Kier molecular flexibility index (Phi) is 2200. The summed E-state index contributed by atoms with van der Waals surface area (Å²) in [4.78, 5) is 0. The van der Waals surface area contributed by atoms with Gasteiger partial charge in [-0.15, -0.1) is 0 Å². The zero-order chi connectivity index (χ0) is 0. The van der Waals surface area contributed by atoms with Gasteiger partial charge >= 0.3 is 34.7 Å². The van der Waals surface area contributed by atoms with Crippen molar-refractivity contribution in [2.24, 2.45) is 0 Å². The van der Waals surface area contributed by atoms with Gasteiger partial charge in [-0.3, -0.25) is 0 Å². The first-order valence-electron chi connectivity index (χ1n) is 0. The van der Waals surface area contributed by atoms with Crippen molar-refractivity contribution >= 4 is 34.7 Å². The smallest absolute Gasteiger partial charge is 2.00 e. The molecule has 0 aliphatic carbocycles. The van der Waals surface area contributed by atoms with E-state index in [2.05, 4.69) is 0 Å². The maximum absolute atomic E-state index is 0. The van der Waals surface area contributed by atoms with E-state index in [1.165, 1.54) is 0 Å². The fourth-order valence-electron chi connectivity index (χ4n) is 0. The summed E-state index contributed by atoms with van der Waals surface area (Å²) < 4.78 is 0. The first kappa shape index (κ1) is 151. The Balaban J connectivity index is 0. The third-order valence-electron chi connectivity index (χ3n) is 0. The van der Waals surface area contributed by atoms with E-state index in [9.17, 15) is 0 Å². The van der Waals surface area contributed by atoms with Crippen LogP contribution in [0.15, 0.2) is 0 Å². The minimum Gasteiger partial charge on any atom is -2.00 e. The van der Waals surface area contributed by atoms with Crippen molar-refractivity contribution in [2.45, 2.75) is 0 Å². The first-order chi connectivity index (χ1) is 0. The van der Waals surface area contributed by atoms with Gasteiger partial charge in [0.25, 0.3) is 0 Å². The standard InChI is InChI=1S/2Al.2Ni.3O/q2*+3;;;3*-2. The summed E-state index contributed by atoms with van der Waals surface area (Å²) >= 11 is 0. The van der Waals surface area contributed by atoms with Gasteiger partial charge in [0.05, 0.1) is 0 Å². The molecule has 0 amide bonds. The summed E-state index contributed by atoms with van der Waals surface area (Å²) in [6.45, 7) is 0.